The highest BCUT2D eigenvalue weighted by Gasteiger charge is 2.26. The Morgan fingerprint density at radius 1 is 0.378 bits per heavy atom. The van der Waals surface area contributed by atoms with Crippen LogP contribution in [-0.2, 0) is 32.7 Å². The van der Waals surface area contributed by atoms with Gasteiger partial charge in [0.05, 0.1) is 13.2 Å². The molecule has 0 aromatic heterocycles. The van der Waals surface area contributed by atoms with Gasteiger partial charge in [-0.25, -0.2) is 4.57 Å². The van der Waals surface area contributed by atoms with Crippen LogP contribution < -0.4 is 5.73 Å². The molecule has 0 radical (unpaired) electrons. The van der Waals surface area contributed by atoms with Gasteiger partial charge in [-0.3, -0.25) is 18.6 Å². The van der Waals surface area contributed by atoms with Gasteiger partial charge in [0, 0.05) is 19.4 Å². The van der Waals surface area contributed by atoms with Crippen LogP contribution in [0.2, 0.25) is 0 Å². The molecule has 9 nitrogen and oxygen atoms in total. The SMILES string of the molecule is CC/C=C\C/C=C\C/C=C\C/C=C\C/C=C\CCCCCCCCCC(=O)OC(COC(=O)CCCCCCCCCCCCCCCCCCCCCCCCCCCCCCCCCCCCCCCC)COP(=O)(O)OCCN. The predicted molar refractivity (Wildman–Crippen MR) is 353 cm³/mol. The summed E-state index contributed by atoms with van der Waals surface area (Å²) in [6, 6.07) is 0. The number of esters is 2. The topological polar surface area (TPSA) is 134 Å². The zero-order valence-electron chi connectivity index (χ0n) is 54.0. The highest BCUT2D eigenvalue weighted by molar-refractivity contribution is 7.47. The molecule has 2 atom stereocenters. The highest BCUT2D eigenvalue weighted by Crippen LogP contribution is 2.43. The number of ether oxygens (including phenoxy) is 2. The van der Waals surface area contributed by atoms with Crippen molar-refractivity contribution in [3.63, 3.8) is 0 Å². The van der Waals surface area contributed by atoms with Crippen molar-refractivity contribution >= 4 is 19.8 Å². The average Bonchev–Trinajstić information content (AvgIpc) is 3.48. The largest absolute Gasteiger partial charge is 0.472 e. The van der Waals surface area contributed by atoms with Crippen LogP contribution in [0.25, 0.3) is 0 Å². The molecule has 0 aliphatic heterocycles. The molecule has 0 fully saturated rings. The molecule has 82 heavy (non-hydrogen) atoms. The lowest BCUT2D eigenvalue weighted by atomic mass is 10.0. The lowest BCUT2D eigenvalue weighted by Gasteiger charge is -2.19. The van der Waals surface area contributed by atoms with E-state index in [-0.39, 0.29) is 38.6 Å². The Hall–Kier alpha value is -2.29. The lowest BCUT2D eigenvalue weighted by Crippen LogP contribution is -2.29. The second-order valence-corrected chi connectivity index (χ2v) is 25.2. The lowest BCUT2D eigenvalue weighted by molar-refractivity contribution is -0.161. The molecule has 0 aliphatic carbocycles. The Bertz CT molecular complexity index is 1530. The standard InChI is InChI=1S/C72H134NO8P/c1-3-5-7-9-11-13-15-17-19-21-23-25-27-28-29-30-31-32-33-34-35-36-37-38-39-40-41-43-44-46-48-50-52-54-56-58-60-62-64-71(74)78-68-70(69-80-82(76,77)79-67-66-73)81-72(75)65-63-61-59-57-55-53-51-49-47-45-42-26-24-22-20-18-16-14-12-10-8-6-4-2/h6,8,12,14,18,20,24,26,45,47,70H,3-5,7,9-11,13,15-17,19,21-23,25,27-44,46,48-69,73H2,1-2H3,(H,76,77)/b8-6-,14-12-,20-18-,26-24-,47-45-. The Morgan fingerprint density at radius 3 is 1.00 bits per heavy atom. The summed E-state index contributed by atoms with van der Waals surface area (Å²) in [5, 5.41) is 0. The van der Waals surface area contributed by atoms with E-state index in [1.807, 2.05) is 0 Å². The van der Waals surface area contributed by atoms with Gasteiger partial charge < -0.3 is 20.1 Å². The van der Waals surface area contributed by atoms with Crippen molar-refractivity contribution in [2.45, 2.75) is 360 Å². The van der Waals surface area contributed by atoms with E-state index in [2.05, 4.69) is 74.6 Å². The molecule has 0 rings (SSSR count). The number of nitrogens with two attached hydrogens (primary N) is 1. The smallest absolute Gasteiger partial charge is 0.462 e. The molecule has 0 aliphatic rings. The minimum absolute atomic E-state index is 0.0504. The number of allylic oxidation sites excluding steroid dienone is 10. The van der Waals surface area contributed by atoms with E-state index >= 15 is 0 Å². The van der Waals surface area contributed by atoms with Gasteiger partial charge in [0.15, 0.2) is 6.10 Å². The van der Waals surface area contributed by atoms with Gasteiger partial charge in [-0.05, 0) is 57.8 Å². The Kier molecular flexibility index (Phi) is 65.9. The predicted octanol–water partition coefficient (Wildman–Crippen LogP) is 23.0. The fourth-order valence-electron chi connectivity index (χ4n) is 10.5. The molecule has 10 heteroatoms. The molecule has 0 saturated heterocycles. The van der Waals surface area contributed by atoms with Crippen LogP contribution in [0, 0.1) is 0 Å². The number of rotatable bonds is 67. The summed E-state index contributed by atoms with van der Waals surface area (Å²) in [5.74, 6) is -0.828. The monoisotopic (exact) mass is 1170 g/mol. The van der Waals surface area contributed by atoms with E-state index in [1.54, 1.807) is 0 Å². The van der Waals surface area contributed by atoms with Crippen LogP contribution in [0.4, 0.5) is 0 Å². The minimum Gasteiger partial charge on any atom is -0.462 e. The second-order valence-electron chi connectivity index (χ2n) is 23.7. The number of unbranched alkanes of at least 4 members (excludes halogenated alkanes) is 44. The van der Waals surface area contributed by atoms with Crippen LogP contribution in [0.5, 0.6) is 0 Å². The third-order valence-corrected chi connectivity index (χ3v) is 16.7. The van der Waals surface area contributed by atoms with Crippen molar-refractivity contribution in [2.75, 3.05) is 26.4 Å². The number of carbonyl (C=O) groups is 2. The molecule has 480 valence electrons. The minimum atomic E-state index is -4.40. The summed E-state index contributed by atoms with van der Waals surface area (Å²) in [6.45, 7) is 3.67. The van der Waals surface area contributed by atoms with Crippen molar-refractivity contribution in [1.82, 2.24) is 0 Å². The molecule has 0 amide bonds. The van der Waals surface area contributed by atoms with Crippen molar-refractivity contribution in [1.29, 1.82) is 0 Å². The molecule has 0 heterocycles. The van der Waals surface area contributed by atoms with E-state index in [9.17, 15) is 19.0 Å². The zero-order chi connectivity index (χ0) is 59.4. The number of phosphoric acid groups is 1. The summed E-state index contributed by atoms with van der Waals surface area (Å²) in [7, 11) is -4.40. The van der Waals surface area contributed by atoms with Crippen LogP contribution in [0.3, 0.4) is 0 Å². The second kappa shape index (κ2) is 67.8. The first-order valence-corrected chi connectivity index (χ1v) is 36.8. The third-order valence-electron chi connectivity index (χ3n) is 15.7. The molecular weight excluding hydrogens is 1040 g/mol. The van der Waals surface area contributed by atoms with E-state index < -0.39 is 26.5 Å². The van der Waals surface area contributed by atoms with Crippen LogP contribution in [-0.4, -0.2) is 49.3 Å². The maximum atomic E-state index is 12.7. The van der Waals surface area contributed by atoms with Gasteiger partial charge in [0.25, 0.3) is 0 Å². The van der Waals surface area contributed by atoms with E-state index in [0.717, 1.165) is 77.0 Å². The van der Waals surface area contributed by atoms with Crippen molar-refractivity contribution in [3.05, 3.63) is 60.8 Å². The molecule has 2 unspecified atom stereocenters. The summed E-state index contributed by atoms with van der Waals surface area (Å²) in [4.78, 5) is 35.3. The fraction of sp³-hybridized carbons (Fsp3) is 0.833. The van der Waals surface area contributed by atoms with Crippen LogP contribution in [0.1, 0.15) is 354 Å². The average molecular weight is 1170 g/mol. The number of hydrogen-bond acceptors (Lipinski definition) is 8. The molecule has 0 spiro atoms. The van der Waals surface area contributed by atoms with Crippen LogP contribution in [0.15, 0.2) is 60.8 Å². The molecular formula is C72H134NO8P. The first kappa shape index (κ1) is 79.7. The normalized spacial score (nSPS) is 13.3. The molecule has 0 bridgehead atoms. The fourth-order valence-corrected chi connectivity index (χ4v) is 11.3. The first-order chi connectivity index (χ1) is 40.3. The Morgan fingerprint density at radius 2 is 0.671 bits per heavy atom. The highest BCUT2D eigenvalue weighted by atomic mass is 31.2. The molecule has 0 aromatic carbocycles. The number of carbonyl (C=O) groups excluding carboxylic acids is 2. The quantitative estimate of drug-likeness (QED) is 0.0264. The summed E-state index contributed by atoms with van der Waals surface area (Å²) >= 11 is 0. The summed E-state index contributed by atoms with van der Waals surface area (Å²) in [5.41, 5.74) is 5.40. The Labute approximate surface area is 508 Å². The van der Waals surface area contributed by atoms with Gasteiger partial charge in [-0.2, -0.15) is 0 Å². The number of phosphoric ester groups is 1. The third kappa shape index (κ3) is 66.8. The molecule has 3 N–H and O–H groups in total. The Balaban J connectivity index is 3.79. The van der Waals surface area contributed by atoms with Gasteiger partial charge in [-0.15, -0.1) is 0 Å². The molecule has 0 saturated carbocycles. The van der Waals surface area contributed by atoms with Gasteiger partial charge >= 0.3 is 19.8 Å². The zero-order valence-corrected chi connectivity index (χ0v) is 54.9. The van der Waals surface area contributed by atoms with E-state index in [1.165, 1.54) is 244 Å². The van der Waals surface area contributed by atoms with Crippen molar-refractivity contribution in [2.24, 2.45) is 5.73 Å². The molecule has 0 aromatic rings. The maximum Gasteiger partial charge on any atom is 0.472 e. The van der Waals surface area contributed by atoms with E-state index in [0.29, 0.717) is 6.42 Å². The number of hydrogen-bond donors (Lipinski definition) is 2. The maximum absolute atomic E-state index is 12.7. The summed E-state index contributed by atoms with van der Waals surface area (Å²) in [6.07, 6.45) is 87.7. The van der Waals surface area contributed by atoms with Crippen molar-refractivity contribution < 1.29 is 37.6 Å². The summed E-state index contributed by atoms with van der Waals surface area (Å²) < 4.78 is 33.1. The van der Waals surface area contributed by atoms with Crippen molar-refractivity contribution in [3.8, 4) is 0 Å². The van der Waals surface area contributed by atoms with E-state index in [4.69, 9.17) is 24.3 Å². The van der Waals surface area contributed by atoms with Crippen LogP contribution >= 0.6 is 7.82 Å². The van der Waals surface area contributed by atoms with Gasteiger partial charge in [0.1, 0.15) is 6.61 Å². The van der Waals surface area contributed by atoms with Gasteiger partial charge in [-0.1, -0.05) is 344 Å². The first-order valence-electron chi connectivity index (χ1n) is 35.3. The van der Waals surface area contributed by atoms with Gasteiger partial charge in [0.2, 0.25) is 0 Å².